The lowest BCUT2D eigenvalue weighted by atomic mass is 10.2. The molecule has 0 amide bonds. The highest BCUT2D eigenvalue weighted by Crippen LogP contribution is 2.16. The zero-order valence-electron chi connectivity index (χ0n) is 12.2. The molecule has 1 rings (SSSR count). The zero-order valence-corrected chi connectivity index (χ0v) is 12.2. The molecule has 0 aliphatic heterocycles. The molecule has 1 aromatic carbocycles. The van der Waals surface area contributed by atoms with Gasteiger partial charge in [0.15, 0.2) is 0 Å². The minimum atomic E-state index is -0.577. The van der Waals surface area contributed by atoms with Crippen molar-refractivity contribution in [2.45, 2.75) is 33.4 Å². The van der Waals surface area contributed by atoms with Gasteiger partial charge in [0.05, 0.1) is 11.0 Å². The van der Waals surface area contributed by atoms with Crippen molar-refractivity contribution in [3.8, 4) is 0 Å². The summed E-state index contributed by atoms with van der Waals surface area (Å²) in [6.07, 6.45) is 0. The SMILES string of the molecule is CCN(CC)CC(C)NCc1cc(F)cc([N+](=O)[O-])c1. The van der Waals surface area contributed by atoms with E-state index < -0.39 is 10.7 Å². The van der Waals surface area contributed by atoms with Gasteiger partial charge in [-0.25, -0.2) is 4.39 Å². The number of likely N-dealkylation sites (N-methyl/N-ethyl adjacent to an activating group) is 1. The lowest BCUT2D eigenvalue weighted by Crippen LogP contribution is -2.38. The molecule has 20 heavy (non-hydrogen) atoms. The number of hydrogen-bond donors (Lipinski definition) is 1. The maximum absolute atomic E-state index is 13.3. The first-order valence-corrected chi connectivity index (χ1v) is 6.85. The molecular formula is C14H22FN3O2. The van der Waals surface area contributed by atoms with Crippen molar-refractivity contribution in [3.05, 3.63) is 39.7 Å². The van der Waals surface area contributed by atoms with E-state index in [2.05, 4.69) is 24.1 Å². The number of non-ortho nitro benzene ring substituents is 1. The molecule has 0 aromatic heterocycles. The van der Waals surface area contributed by atoms with E-state index in [9.17, 15) is 14.5 Å². The summed E-state index contributed by atoms with van der Waals surface area (Å²) in [7, 11) is 0. The summed E-state index contributed by atoms with van der Waals surface area (Å²) in [5.74, 6) is -0.576. The molecule has 0 aliphatic carbocycles. The Balaban J connectivity index is 2.59. The normalized spacial score (nSPS) is 12.7. The molecule has 0 saturated carbocycles. The largest absolute Gasteiger partial charge is 0.309 e. The molecule has 0 heterocycles. The summed E-state index contributed by atoms with van der Waals surface area (Å²) in [6, 6.07) is 3.89. The Morgan fingerprint density at radius 1 is 1.35 bits per heavy atom. The van der Waals surface area contributed by atoms with Gasteiger partial charge in [-0.3, -0.25) is 10.1 Å². The minimum absolute atomic E-state index is 0.210. The highest BCUT2D eigenvalue weighted by molar-refractivity contribution is 5.35. The molecule has 1 aromatic rings. The van der Waals surface area contributed by atoms with Crippen molar-refractivity contribution in [1.29, 1.82) is 0 Å². The second-order valence-electron chi connectivity index (χ2n) is 4.84. The van der Waals surface area contributed by atoms with E-state index in [1.807, 2.05) is 6.92 Å². The van der Waals surface area contributed by atoms with E-state index >= 15 is 0 Å². The van der Waals surface area contributed by atoms with Gasteiger partial charge < -0.3 is 10.2 Å². The van der Waals surface area contributed by atoms with Crippen molar-refractivity contribution in [3.63, 3.8) is 0 Å². The van der Waals surface area contributed by atoms with E-state index in [1.54, 1.807) is 0 Å². The lowest BCUT2D eigenvalue weighted by molar-refractivity contribution is -0.385. The van der Waals surface area contributed by atoms with E-state index in [4.69, 9.17) is 0 Å². The van der Waals surface area contributed by atoms with Crippen LogP contribution in [0.2, 0.25) is 0 Å². The van der Waals surface area contributed by atoms with Gasteiger partial charge in [-0.1, -0.05) is 13.8 Å². The standard InChI is InChI=1S/C14H22FN3O2/c1-4-17(5-2)10-11(3)16-9-12-6-13(15)8-14(7-12)18(19)20/h6-8,11,16H,4-5,9-10H2,1-3H3. The Bertz CT molecular complexity index is 450. The fourth-order valence-electron chi connectivity index (χ4n) is 2.07. The smallest absolute Gasteiger partial charge is 0.272 e. The van der Waals surface area contributed by atoms with Gasteiger partial charge in [0.1, 0.15) is 5.82 Å². The molecule has 0 aliphatic rings. The molecule has 0 spiro atoms. The maximum atomic E-state index is 13.3. The molecule has 0 bridgehead atoms. The van der Waals surface area contributed by atoms with E-state index in [0.717, 1.165) is 25.7 Å². The quantitative estimate of drug-likeness (QED) is 0.588. The van der Waals surface area contributed by atoms with Crippen LogP contribution in [0.1, 0.15) is 26.3 Å². The van der Waals surface area contributed by atoms with Gasteiger partial charge >= 0.3 is 0 Å². The van der Waals surface area contributed by atoms with Crippen LogP contribution in [0, 0.1) is 15.9 Å². The van der Waals surface area contributed by atoms with Gasteiger partial charge in [0.2, 0.25) is 0 Å². The number of rotatable bonds is 8. The Kier molecular flexibility index (Phi) is 6.54. The Labute approximate surface area is 118 Å². The molecule has 112 valence electrons. The highest BCUT2D eigenvalue weighted by atomic mass is 19.1. The fourth-order valence-corrected chi connectivity index (χ4v) is 2.07. The molecule has 5 nitrogen and oxygen atoms in total. The predicted molar refractivity (Wildman–Crippen MR) is 77.1 cm³/mol. The Morgan fingerprint density at radius 2 is 2.00 bits per heavy atom. The van der Waals surface area contributed by atoms with Gasteiger partial charge in [-0.15, -0.1) is 0 Å². The van der Waals surface area contributed by atoms with Crippen LogP contribution in [0.25, 0.3) is 0 Å². The third-order valence-electron chi connectivity index (χ3n) is 3.23. The zero-order chi connectivity index (χ0) is 15.1. The molecule has 1 N–H and O–H groups in total. The first kappa shape index (κ1) is 16.5. The van der Waals surface area contributed by atoms with Crippen molar-refractivity contribution in [2.75, 3.05) is 19.6 Å². The summed E-state index contributed by atoms with van der Waals surface area (Å²) in [5, 5.41) is 13.9. The van der Waals surface area contributed by atoms with Crippen LogP contribution in [-0.4, -0.2) is 35.5 Å². The van der Waals surface area contributed by atoms with Crippen molar-refractivity contribution < 1.29 is 9.31 Å². The number of nitro benzene ring substituents is 1. The Hall–Kier alpha value is -1.53. The summed E-state index contributed by atoms with van der Waals surface area (Å²) in [4.78, 5) is 12.4. The van der Waals surface area contributed by atoms with Crippen LogP contribution in [0.3, 0.4) is 0 Å². The summed E-state index contributed by atoms with van der Waals surface area (Å²) < 4.78 is 13.3. The topological polar surface area (TPSA) is 58.4 Å². The summed E-state index contributed by atoms with van der Waals surface area (Å²) in [6.45, 7) is 9.53. The van der Waals surface area contributed by atoms with Crippen molar-refractivity contribution >= 4 is 5.69 Å². The third-order valence-corrected chi connectivity index (χ3v) is 3.23. The first-order chi connectivity index (χ1) is 9.46. The number of nitro groups is 1. The average molecular weight is 283 g/mol. The van der Waals surface area contributed by atoms with Gasteiger partial charge in [-0.2, -0.15) is 0 Å². The van der Waals surface area contributed by atoms with Crippen LogP contribution < -0.4 is 5.32 Å². The third kappa shape index (κ3) is 5.22. The molecular weight excluding hydrogens is 261 g/mol. The molecule has 0 fully saturated rings. The van der Waals surface area contributed by atoms with Gasteiger partial charge in [0.25, 0.3) is 5.69 Å². The van der Waals surface area contributed by atoms with E-state index in [1.165, 1.54) is 12.1 Å². The second kappa shape index (κ2) is 7.91. The van der Waals surface area contributed by atoms with Crippen molar-refractivity contribution in [1.82, 2.24) is 10.2 Å². The van der Waals surface area contributed by atoms with E-state index in [0.29, 0.717) is 12.1 Å². The van der Waals surface area contributed by atoms with Crippen molar-refractivity contribution in [2.24, 2.45) is 0 Å². The number of halogens is 1. The van der Waals surface area contributed by atoms with Crippen LogP contribution in [0.15, 0.2) is 18.2 Å². The molecule has 0 saturated heterocycles. The van der Waals surface area contributed by atoms with Gasteiger partial charge in [0, 0.05) is 25.2 Å². The van der Waals surface area contributed by atoms with Crippen LogP contribution in [0.5, 0.6) is 0 Å². The molecule has 6 heteroatoms. The number of nitrogens with one attached hydrogen (secondary N) is 1. The van der Waals surface area contributed by atoms with Crippen LogP contribution in [0.4, 0.5) is 10.1 Å². The summed E-state index contributed by atoms with van der Waals surface area (Å²) >= 11 is 0. The van der Waals surface area contributed by atoms with E-state index in [-0.39, 0.29) is 11.7 Å². The molecule has 0 radical (unpaired) electrons. The number of nitrogens with zero attached hydrogens (tertiary/aromatic N) is 2. The monoisotopic (exact) mass is 283 g/mol. The summed E-state index contributed by atoms with van der Waals surface area (Å²) in [5.41, 5.74) is 0.376. The van der Waals surface area contributed by atoms with Crippen LogP contribution >= 0.6 is 0 Å². The maximum Gasteiger partial charge on any atom is 0.272 e. The number of hydrogen-bond acceptors (Lipinski definition) is 4. The highest BCUT2D eigenvalue weighted by Gasteiger charge is 2.11. The lowest BCUT2D eigenvalue weighted by Gasteiger charge is -2.23. The molecule has 1 unspecified atom stereocenters. The fraction of sp³-hybridized carbons (Fsp3) is 0.571. The Morgan fingerprint density at radius 3 is 2.55 bits per heavy atom. The predicted octanol–water partition coefficient (Wildman–Crippen LogP) is 2.55. The first-order valence-electron chi connectivity index (χ1n) is 6.85. The van der Waals surface area contributed by atoms with Gasteiger partial charge in [-0.05, 0) is 31.6 Å². The number of benzene rings is 1. The minimum Gasteiger partial charge on any atom is -0.309 e. The second-order valence-corrected chi connectivity index (χ2v) is 4.84. The van der Waals surface area contributed by atoms with Crippen LogP contribution in [-0.2, 0) is 6.54 Å². The average Bonchev–Trinajstić information content (AvgIpc) is 2.41. The molecule has 1 atom stereocenters.